The van der Waals surface area contributed by atoms with Crippen LogP contribution in [0.5, 0.6) is 0 Å². The molecule has 1 aromatic carbocycles. The number of hydrogen-bond acceptors (Lipinski definition) is 5. The lowest BCUT2D eigenvalue weighted by Crippen LogP contribution is -2.27. The normalized spacial score (nSPS) is 13.7. The van der Waals surface area contributed by atoms with E-state index < -0.39 is 0 Å². The number of aryl methyl sites for hydroxylation is 2. The molecule has 0 spiro atoms. The summed E-state index contributed by atoms with van der Waals surface area (Å²) in [4.78, 5) is 41.6. The molecule has 0 bridgehead atoms. The van der Waals surface area contributed by atoms with E-state index in [1.165, 1.54) is 0 Å². The third-order valence-electron chi connectivity index (χ3n) is 5.58. The van der Waals surface area contributed by atoms with Crippen molar-refractivity contribution in [3.8, 4) is 12.3 Å². The van der Waals surface area contributed by atoms with E-state index in [-0.39, 0.29) is 24.9 Å². The summed E-state index contributed by atoms with van der Waals surface area (Å²) >= 11 is 0. The summed E-state index contributed by atoms with van der Waals surface area (Å²) in [5.41, 5.74) is 6.13. The van der Waals surface area contributed by atoms with Gasteiger partial charge in [0.05, 0.1) is 24.4 Å². The highest BCUT2D eigenvalue weighted by Gasteiger charge is 2.33. The van der Waals surface area contributed by atoms with Crippen molar-refractivity contribution in [1.82, 2.24) is 20.3 Å². The van der Waals surface area contributed by atoms with Gasteiger partial charge in [0.1, 0.15) is 0 Å². The summed E-state index contributed by atoms with van der Waals surface area (Å²) in [6, 6.07) is 7.27. The van der Waals surface area contributed by atoms with E-state index in [1.807, 2.05) is 45.0 Å². The molecular weight excluding hydrogens is 428 g/mol. The molecule has 2 amide bonds. The van der Waals surface area contributed by atoms with Crippen LogP contribution in [-0.2, 0) is 11.3 Å². The number of nitrogens with one attached hydrogen (secondary N) is 2. The van der Waals surface area contributed by atoms with Gasteiger partial charge in [-0.3, -0.25) is 9.59 Å². The molecule has 0 unspecified atom stereocenters. The van der Waals surface area contributed by atoms with Crippen molar-refractivity contribution in [2.75, 3.05) is 30.4 Å². The highest BCUT2D eigenvalue weighted by Crippen LogP contribution is 2.39. The number of aromatic nitrogens is 3. The third kappa shape index (κ3) is 4.41. The standard InChI is InChI=1S/C26H26N6O2/c1-6-9-27-24(33)19-7-8-20-21(12-22-16(2)10-17(3)30-22)25(34)32(23(20)11-19)15-18-13-28-26(29-14-18)31(4)5/h1,7-8,10-14,30H,9,15H2,2-5H3,(H,27,33)/b21-12-. The quantitative estimate of drug-likeness (QED) is 0.441. The Balaban J connectivity index is 1.75. The fourth-order valence-corrected chi connectivity index (χ4v) is 3.91. The van der Waals surface area contributed by atoms with Crippen LogP contribution in [0.1, 0.15) is 38.4 Å². The lowest BCUT2D eigenvalue weighted by atomic mass is 10.0. The topological polar surface area (TPSA) is 94.2 Å². The van der Waals surface area contributed by atoms with Gasteiger partial charge in [0.15, 0.2) is 0 Å². The van der Waals surface area contributed by atoms with E-state index in [2.05, 4.69) is 26.2 Å². The van der Waals surface area contributed by atoms with Crippen molar-refractivity contribution in [3.63, 3.8) is 0 Å². The van der Waals surface area contributed by atoms with E-state index in [1.54, 1.807) is 35.5 Å². The Bertz CT molecular complexity index is 1330. The highest BCUT2D eigenvalue weighted by atomic mass is 16.2. The average Bonchev–Trinajstić information content (AvgIpc) is 3.27. The number of fused-ring (bicyclic) bond motifs is 1. The molecule has 8 nitrogen and oxygen atoms in total. The SMILES string of the molecule is C#CCNC(=O)c1ccc2c(c1)N(Cc1cnc(N(C)C)nc1)C(=O)/C2=C\c1[nH]c(C)cc1C. The minimum atomic E-state index is -0.292. The predicted molar refractivity (Wildman–Crippen MR) is 133 cm³/mol. The zero-order valence-electron chi connectivity index (χ0n) is 19.6. The molecule has 0 aliphatic carbocycles. The lowest BCUT2D eigenvalue weighted by Gasteiger charge is -2.18. The van der Waals surface area contributed by atoms with Gasteiger partial charge in [-0.1, -0.05) is 12.0 Å². The van der Waals surface area contributed by atoms with Crippen molar-refractivity contribution >= 4 is 35.1 Å². The Kier molecular flexibility index (Phi) is 6.19. The molecule has 0 saturated carbocycles. The van der Waals surface area contributed by atoms with E-state index in [9.17, 15) is 9.59 Å². The molecule has 0 saturated heterocycles. The van der Waals surface area contributed by atoms with Gasteiger partial charge >= 0.3 is 0 Å². The maximum absolute atomic E-state index is 13.6. The van der Waals surface area contributed by atoms with E-state index in [4.69, 9.17) is 6.42 Å². The van der Waals surface area contributed by atoms with Gasteiger partial charge in [0.25, 0.3) is 11.8 Å². The fraction of sp³-hybridized carbons (Fsp3) is 0.231. The molecule has 1 aliphatic heterocycles. The Morgan fingerprint density at radius 1 is 1.24 bits per heavy atom. The van der Waals surface area contributed by atoms with Crippen LogP contribution in [0.15, 0.2) is 36.7 Å². The molecule has 2 aromatic heterocycles. The van der Waals surface area contributed by atoms with Crippen LogP contribution >= 0.6 is 0 Å². The highest BCUT2D eigenvalue weighted by molar-refractivity contribution is 6.36. The fourth-order valence-electron chi connectivity index (χ4n) is 3.91. The summed E-state index contributed by atoms with van der Waals surface area (Å²) < 4.78 is 0. The molecule has 172 valence electrons. The van der Waals surface area contributed by atoms with E-state index in [0.717, 1.165) is 28.1 Å². The van der Waals surface area contributed by atoms with Crippen LogP contribution in [-0.4, -0.2) is 47.4 Å². The second-order valence-electron chi connectivity index (χ2n) is 8.40. The van der Waals surface area contributed by atoms with Gasteiger partial charge in [0.2, 0.25) is 5.95 Å². The van der Waals surface area contributed by atoms with Crippen LogP contribution in [0.25, 0.3) is 11.6 Å². The van der Waals surface area contributed by atoms with Crippen LogP contribution in [0.4, 0.5) is 11.6 Å². The lowest BCUT2D eigenvalue weighted by molar-refractivity contribution is -0.113. The van der Waals surface area contributed by atoms with Gasteiger partial charge < -0.3 is 20.1 Å². The Morgan fingerprint density at radius 3 is 2.59 bits per heavy atom. The number of carbonyl (C=O) groups excluding carboxylic acids is 2. The van der Waals surface area contributed by atoms with Crippen LogP contribution < -0.4 is 15.1 Å². The monoisotopic (exact) mass is 454 g/mol. The number of amides is 2. The van der Waals surface area contributed by atoms with Gasteiger partial charge in [-0.25, -0.2) is 9.97 Å². The minimum absolute atomic E-state index is 0.130. The number of carbonyl (C=O) groups is 2. The number of aromatic amines is 1. The second-order valence-corrected chi connectivity index (χ2v) is 8.40. The molecule has 0 atom stereocenters. The molecule has 3 heterocycles. The van der Waals surface area contributed by atoms with Crippen molar-refractivity contribution in [3.05, 3.63) is 70.3 Å². The van der Waals surface area contributed by atoms with Crippen LogP contribution in [0.2, 0.25) is 0 Å². The number of rotatable bonds is 6. The Hall–Kier alpha value is -4.38. The number of hydrogen-bond donors (Lipinski definition) is 2. The zero-order chi connectivity index (χ0) is 24.4. The molecule has 0 radical (unpaired) electrons. The van der Waals surface area contributed by atoms with Crippen molar-refractivity contribution in [2.24, 2.45) is 0 Å². The molecule has 1 aliphatic rings. The predicted octanol–water partition coefficient (Wildman–Crippen LogP) is 2.94. The van der Waals surface area contributed by atoms with Crippen molar-refractivity contribution in [1.29, 1.82) is 0 Å². The second kappa shape index (κ2) is 9.24. The first kappa shape index (κ1) is 22.8. The minimum Gasteiger partial charge on any atom is -0.359 e. The number of terminal acetylenes is 1. The Morgan fingerprint density at radius 2 is 1.97 bits per heavy atom. The van der Waals surface area contributed by atoms with Crippen molar-refractivity contribution in [2.45, 2.75) is 20.4 Å². The zero-order valence-corrected chi connectivity index (χ0v) is 19.6. The smallest absolute Gasteiger partial charge is 0.259 e. The number of H-pyrrole nitrogens is 1. The Labute approximate surface area is 198 Å². The number of nitrogens with zero attached hydrogens (tertiary/aromatic N) is 4. The largest absolute Gasteiger partial charge is 0.359 e. The van der Waals surface area contributed by atoms with E-state index >= 15 is 0 Å². The van der Waals surface area contributed by atoms with Gasteiger partial charge in [-0.05, 0) is 43.7 Å². The summed E-state index contributed by atoms with van der Waals surface area (Å²) in [7, 11) is 3.73. The van der Waals surface area contributed by atoms with Crippen LogP contribution in [0, 0.1) is 26.2 Å². The maximum atomic E-state index is 13.6. The van der Waals surface area contributed by atoms with Gasteiger partial charge in [-0.2, -0.15) is 0 Å². The van der Waals surface area contributed by atoms with Crippen molar-refractivity contribution < 1.29 is 9.59 Å². The molecular formula is C26H26N6O2. The van der Waals surface area contributed by atoms with Crippen LogP contribution in [0.3, 0.4) is 0 Å². The molecule has 3 aromatic rings. The summed E-state index contributed by atoms with van der Waals surface area (Å²) in [5.74, 6) is 2.54. The number of anilines is 2. The summed E-state index contributed by atoms with van der Waals surface area (Å²) in [6.45, 7) is 4.38. The summed E-state index contributed by atoms with van der Waals surface area (Å²) in [5, 5.41) is 2.67. The van der Waals surface area contributed by atoms with Gasteiger partial charge in [-0.15, -0.1) is 6.42 Å². The number of benzene rings is 1. The molecule has 8 heteroatoms. The summed E-state index contributed by atoms with van der Waals surface area (Å²) in [6.07, 6.45) is 10.5. The molecule has 2 N–H and O–H groups in total. The third-order valence-corrected chi connectivity index (χ3v) is 5.58. The maximum Gasteiger partial charge on any atom is 0.259 e. The first-order valence-electron chi connectivity index (χ1n) is 10.8. The molecule has 4 rings (SSSR count). The van der Waals surface area contributed by atoms with E-state index in [0.29, 0.717) is 22.8 Å². The molecule has 0 fully saturated rings. The van der Waals surface area contributed by atoms with Gasteiger partial charge in [0, 0.05) is 54.6 Å². The first-order valence-corrected chi connectivity index (χ1v) is 10.8. The average molecular weight is 455 g/mol. The first-order chi connectivity index (χ1) is 16.3. The molecule has 34 heavy (non-hydrogen) atoms.